The highest BCUT2D eigenvalue weighted by atomic mass is 16.5. The van der Waals surface area contributed by atoms with Crippen molar-refractivity contribution in [2.24, 2.45) is 0 Å². The number of benzene rings is 1. The molecule has 5 heteroatoms. The van der Waals surface area contributed by atoms with E-state index < -0.39 is 7.12 Å². The summed E-state index contributed by atoms with van der Waals surface area (Å²) in [6.07, 6.45) is 0. The Kier molecular flexibility index (Phi) is 2.75. The highest BCUT2D eigenvalue weighted by Gasteiger charge is 2.27. The first kappa shape index (κ1) is 10.2. The topological polar surface area (TPSA) is 58.6 Å². The summed E-state index contributed by atoms with van der Waals surface area (Å²) >= 11 is 0. The Morgan fingerprint density at radius 1 is 1.67 bits per heavy atom. The van der Waals surface area contributed by atoms with Crippen LogP contribution in [0.1, 0.15) is 22.8 Å². The molecule has 78 valence electrons. The van der Waals surface area contributed by atoms with Gasteiger partial charge in [0.15, 0.2) is 0 Å². The Morgan fingerprint density at radius 2 is 2.47 bits per heavy atom. The lowest BCUT2D eigenvalue weighted by molar-refractivity contribution is 0.0956. The lowest BCUT2D eigenvalue weighted by Crippen LogP contribution is -2.30. The third-order valence-electron chi connectivity index (χ3n) is 2.41. The number of rotatable bonds is 2. The van der Waals surface area contributed by atoms with Crippen LogP contribution in [0.3, 0.4) is 0 Å². The Bertz CT molecular complexity index is 394. The molecule has 0 radical (unpaired) electrons. The van der Waals surface area contributed by atoms with Gasteiger partial charge in [0, 0.05) is 12.1 Å². The van der Waals surface area contributed by atoms with E-state index in [4.69, 9.17) is 4.65 Å². The Balaban J connectivity index is 2.29. The van der Waals surface area contributed by atoms with Crippen molar-refractivity contribution in [3.63, 3.8) is 0 Å². The predicted octanol–water partition coefficient (Wildman–Crippen LogP) is -0.346. The van der Waals surface area contributed by atoms with E-state index in [0.717, 1.165) is 5.56 Å². The van der Waals surface area contributed by atoms with Gasteiger partial charge in [-0.05, 0) is 30.1 Å². The van der Waals surface area contributed by atoms with E-state index in [0.29, 0.717) is 24.2 Å². The maximum atomic E-state index is 11.5. The zero-order valence-corrected chi connectivity index (χ0v) is 8.49. The molecule has 0 bridgehead atoms. The minimum atomic E-state index is -0.894. The van der Waals surface area contributed by atoms with Crippen LogP contribution in [0, 0.1) is 0 Å². The fourth-order valence-electron chi connectivity index (χ4n) is 1.62. The fourth-order valence-corrected chi connectivity index (χ4v) is 1.62. The summed E-state index contributed by atoms with van der Waals surface area (Å²) in [5.41, 5.74) is 2.19. The van der Waals surface area contributed by atoms with Gasteiger partial charge in [-0.2, -0.15) is 0 Å². The van der Waals surface area contributed by atoms with Gasteiger partial charge < -0.3 is 15.0 Å². The molecule has 2 rings (SSSR count). The molecule has 0 aromatic heterocycles. The third kappa shape index (κ3) is 1.89. The maximum absolute atomic E-state index is 11.5. The first-order valence-corrected chi connectivity index (χ1v) is 4.93. The molecule has 2 N–H and O–H groups in total. The van der Waals surface area contributed by atoms with Crippen LogP contribution < -0.4 is 10.8 Å². The molecule has 15 heavy (non-hydrogen) atoms. The molecule has 1 aliphatic rings. The second kappa shape index (κ2) is 4.04. The molecule has 1 aliphatic heterocycles. The average Bonchev–Trinajstić information content (AvgIpc) is 2.60. The SMILES string of the molecule is CCNC(=O)c1ccc2c(c1)B(O)OC2. The Hall–Kier alpha value is -1.33. The molecule has 1 aromatic carbocycles. The number of nitrogens with one attached hydrogen (secondary N) is 1. The number of amides is 1. The Morgan fingerprint density at radius 3 is 3.20 bits per heavy atom. The first-order chi connectivity index (χ1) is 7.22. The molecule has 0 unspecified atom stereocenters. The van der Waals surface area contributed by atoms with Crippen LogP contribution in [-0.4, -0.2) is 24.6 Å². The van der Waals surface area contributed by atoms with Crippen molar-refractivity contribution >= 4 is 18.5 Å². The van der Waals surface area contributed by atoms with E-state index in [-0.39, 0.29) is 5.91 Å². The van der Waals surface area contributed by atoms with Gasteiger partial charge in [-0.3, -0.25) is 4.79 Å². The Labute approximate surface area is 88.4 Å². The van der Waals surface area contributed by atoms with E-state index in [2.05, 4.69) is 5.32 Å². The molecule has 0 saturated carbocycles. The van der Waals surface area contributed by atoms with Gasteiger partial charge in [-0.15, -0.1) is 0 Å². The molecular weight excluding hydrogens is 193 g/mol. The molecule has 0 fully saturated rings. The summed E-state index contributed by atoms with van der Waals surface area (Å²) in [4.78, 5) is 11.5. The maximum Gasteiger partial charge on any atom is 0.491 e. The normalized spacial score (nSPS) is 13.9. The molecule has 1 amide bonds. The fraction of sp³-hybridized carbons (Fsp3) is 0.300. The molecular formula is C10H12BNO3. The van der Waals surface area contributed by atoms with Crippen LogP contribution in [0.2, 0.25) is 0 Å². The average molecular weight is 205 g/mol. The summed E-state index contributed by atoms with van der Waals surface area (Å²) in [5, 5.41) is 12.2. The van der Waals surface area contributed by atoms with Gasteiger partial charge in [-0.25, -0.2) is 0 Å². The quantitative estimate of drug-likeness (QED) is 0.649. The van der Waals surface area contributed by atoms with E-state index in [9.17, 15) is 9.82 Å². The lowest BCUT2D eigenvalue weighted by atomic mass is 9.79. The van der Waals surface area contributed by atoms with Crippen molar-refractivity contribution in [2.45, 2.75) is 13.5 Å². The number of carbonyl (C=O) groups excluding carboxylic acids is 1. The minimum absolute atomic E-state index is 0.126. The third-order valence-corrected chi connectivity index (χ3v) is 2.41. The van der Waals surface area contributed by atoms with Crippen LogP contribution >= 0.6 is 0 Å². The number of carbonyl (C=O) groups is 1. The van der Waals surface area contributed by atoms with Crippen LogP contribution in [0.4, 0.5) is 0 Å². The number of fused-ring (bicyclic) bond motifs is 1. The van der Waals surface area contributed by atoms with E-state index >= 15 is 0 Å². The molecule has 1 aromatic rings. The van der Waals surface area contributed by atoms with Crippen molar-refractivity contribution in [2.75, 3.05) is 6.54 Å². The van der Waals surface area contributed by atoms with E-state index in [1.54, 1.807) is 12.1 Å². The van der Waals surface area contributed by atoms with E-state index in [1.165, 1.54) is 0 Å². The molecule has 1 heterocycles. The monoisotopic (exact) mass is 205 g/mol. The van der Waals surface area contributed by atoms with Gasteiger partial charge in [0.05, 0.1) is 6.61 Å². The minimum Gasteiger partial charge on any atom is -0.423 e. The zero-order valence-electron chi connectivity index (χ0n) is 8.49. The highest BCUT2D eigenvalue weighted by molar-refractivity contribution is 6.61. The summed E-state index contributed by atoms with van der Waals surface area (Å²) < 4.78 is 5.04. The van der Waals surface area contributed by atoms with Crippen LogP contribution in [0.15, 0.2) is 18.2 Å². The largest absolute Gasteiger partial charge is 0.491 e. The zero-order chi connectivity index (χ0) is 10.8. The second-order valence-corrected chi connectivity index (χ2v) is 3.44. The van der Waals surface area contributed by atoms with Gasteiger partial charge >= 0.3 is 7.12 Å². The summed E-state index contributed by atoms with van der Waals surface area (Å²) in [5.74, 6) is -0.126. The van der Waals surface area contributed by atoms with Crippen LogP contribution in [0.5, 0.6) is 0 Å². The van der Waals surface area contributed by atoms with Crippen LogP contribution in [-0.2, 0) is 11.3 Å². The predicted molar refractivity (Wildman–Crippen MR) is 56.8 cm³/mol. The van der Waals surface area contributed by atoms with Crippen molar-refractivity contribution in [1.29, 1.82) is 0 Å². The summed E-state index contributed by atoms with van der Waals surface area (Å²) in [7, 11) is -0.894. The number of hydrogen-bond acceptors (Lipinski definition) is 3. The smallest absolute Gasteiger partial charge is 0.423 e. The van der Waals surface area contributed by atoms with Gasteiger partial charge in [-0.1, -0.05) is 6.07 Å². The van der Waals surface area contributed by atoms with Gasteiger partial charge in [0.1, 0.15) is 0 Å². The summed E-state index contributed by atoms with van der Waals surface area (Å²) in [6, 6.07) is 5.24. The standard InChI is InChI=1S/C10H12BNO3/c1-2-12-10(13)7-3-4-8-6-15-11(14)9(8)5-7/h3-5,14H,2,6H2,1H3,(H,12,13). The number of hydrogen-bond donors (Lipinski definition) is 2. The lowest BCUT2D eigenvalue weighted by Gasteiger charge is -2.04. The molecule has 0 atom stereocenters. The van der Waals surface area contributed by atoms with E-state index in [1.807, 2.05) is 13.0 Å². The molecule has 0 spiro atoms. The highest BCUT2D eigenvalue weighted by Crippen LogP contribution is 2.11. The molecule has 4 nitrogen and oxygen atoms in total. The summed E-state index contributed by atoms with van der Waals surface area (Å²) in [6.45, 7) is 2.87. The molecule has 0 saturated heterocycles. The van der Waals surface area contributed by atoms with Gasteiger partial charge in [0.25, 0.3) is 5.91 Å². The first-order valence-electron chi connectivity index (χ1n) is 4.93. The van der Waals surface area contributed by atoms with Crippen molar-refractivity contribution in [3.8, 4) is 0 Å². The van der Waals surface area contributed by atoms with Crippen molar-refractivity contribution in [1.82, 2.24) is 5.32 Å². The second-order valence-electron chi connectivity index (χ2n) is 3.44. The molecule has 0 aliphatic carbocycles. The van der Waals surface area contributed by atoms with Crippen LogP contribution in [0.25, 0.3) is 0 Å². The van der Waals surface area contributed by atoms with Crippen molar-refractivity contribution in [3.05, 3.63) is 29.3 Å². The van der Waals surface area contributed by atoms with Gasteiger partial charge in [0.2, 0.25) is 0 Å². The van der Waals surface area contributed by atoms with Crippen molar-refractivity contribution < 1.29 is 14.5 Å².